The number of nitro benzene ring substituents is 1. The molecule has 0 spiro atoms. The highest BCUT2D eigenvalue weighted by Crippen LogP contribution is 2.34. The van der Waals surface area contributed by atoms with E-state index in [1.165, 1.54) is 38.3 Å². The fourth-order valence-corrected chi connectivity index (χ4v) is 5.11. The third-order valence-electron chi connectivity index (χ3n) is 6.33. The number of likely N-dealkylation sites (N-methyl/N-ethyl adjacent to an activating group) is 1. The van der Waals surface area contributed by atoms with Gasteiger partial charge in [-0.05, 0) is 29.3 Å². The van der Waals surface area contributed by atoms with Crippen molar-refractivity contribution in [2.75, 3.05) is 38.4 Å². The normalized spacial score (nSPS) is 11.7. The predicted molar refractivity (Wildman–Crippen MR) is 153 cm³/mol. The van der Waals surface area contributed by atoms with Crippen molar-refractivity contribution in [3.63, 3.8) is 0 Å². The lowest BCUT2D eigenvalue weighted by Gasteiger charge is -2.33. The van der Waals surface area contributed by atoms with Crippen molar-refractivity contribution in [1.82, 2.24) is 10.2 Å². The highest BCUT2D eigenvalue weighted by atomic mass is 32.2. The molecule has 3 aromatic carbocycles. The average Bonchev–Trinajstić information content (AvgIpc) is 2.96. The number of rotatable bonds is 13. The molecular formula is C28H32N4O8S. The molecule has 1 N–H and O–H groups in total. The Bertz CT molecular complexity index is 1500. The Morgan fingerprint density at radius 2 is 1.66 bits per heavy atom. The number of carbonyl (C=O) groups excluding carboxylic acids is 2. The second-order valence-corrected chi connectivity index (χ2v) is 11.0. The van der Waals surface area contributed by atoms with Crippen LogP contribution in [0.1, 0.15) is 11.1 Å². The molecule has 0 unspecified atom stereocenters. The number of hydrogen-bond donors (Lipinski definition) is 1. The Labute approximate surface area is 238 Å². The molecule has 0 heterocycles. The van der Waals surface area contributed by atoms with Crippen LogP contribution in [0.4, 0.5) is 11.4 Å². The molecule has 1 atom stereocenters. The van der Waals surface area contributed by atoms with Crippen LogP contribution in [0.25, 0.3) is 0 Å². The third-order valence-corrected chi connectivity index (χ3v) is 7.45. The van der Waals surface area contributed by atoms with Gasteiger partial charge in [-0.2, -0.15) is 0 Å². The van der Waals surface area contributed by atoms with Crippen LogP contribution in [0.2, 0.25) is 0 Å². The topological polar surface area (TPSA) is 148 Å². The minimum atomic E-state index is -4.15. The molecule has 0 aliphatic heterocycles. The summed E-state index contributed by atoms with van der Waals surface area (Å²) in [5.74, 6) is -0.617. The summed E-state index contributed by atoms with van der Waals surface area (Å²) >= 11 is 0. The summed E-state index contributed by atoms with van der Waals surface area (Å²) in [6, 6.07) is 18.5. The van der Waals surface area contributed by atoms with E-state index in [1.807, 2.05) is 30.3 Å². The number of sulfonamides is 1. The molecule has 12 nitrogen and oxygen atoms in total. The first-order valence-corrected chi connectivity index (χ1v) is 14.3. The van der Waals surface area contributed by atoms with Crippen molar-refractivity contribution in [2.24, 2.45) is 0 Å². The lowest BCUT2D eigenvalue weighted by Crippen LogP contribution is -2.52. The summed E-state index contributed by atoms with van der Waals surface area (Å²) in [7, 11) is 0.0793. The molecule has 3 aromatic rings. The highest BCUT2D eigenvalue weighted by molar-refractivity contribution is 7.92. The van der Waals surface area contributed by atoms with Crippen LogP contribution in [0.15, 0.2) is 72.8 Å². The standard InChI is InChI=1S/C28H32N4O8S/c1-29-28(34)25(16-20-9-6-5-7-10-20)30(18-21-11-8-12-23(15-21)39-2)27(33)19-31(41(4,37)38)24-17-22(32(35)36)13-14-26(24)40-3/h5-15,17,25H,16,18-19H2,1-4H3,(H,29,34)/t25-/m1/s1. The first kappa shape index (κ1) is 30.9. The van der Waals surface area contributed by atoms with Crippen molar-refractivity contribution >= 4 is 33.2 Å². The predicted octanol–water partition coefficient (Wildman–Crippen LogP) is 2.76. The van der Waals surface area contributed by atoms with E-state index in [-0.39, 0.29) is 30.1 Å². The first-order valence-electron chi connectivity index (χ1n) is 12.5. The van der Waals surface area contributed by atoms with Crippen LogP contribution >= 0.6 is 0 Å². The third kappa shape index (κ3) is 7.94. The molecule has 0 radical (unpaired) electrons. The van der Waals surface area contributed by atoms with E-state index in [9.17, 15) is 28.1 Å². The molecule has 0 fully saturated rings. The molecular weight excluding hydrogens is 552 g/mol. The van der Waals surface area contributed by atoms with Crippen molar-refractivity contribution < 1.29 is 32.4 Å². The van der Waals surface area contributed by atoms with Gasteiger partial charge in [0.05, 0.1) is 25.4 Å². The zero-order valence-corrected chi connectivity index (χ0v) is 24.0. The SMILES string of the molecule is CNC(=O)[C@@H](Cc1ccccc1)N(Cc1cccc(OC)c1)C(=O)CN(c1cc([N+](=O)[O-])ccc1OC)S(C)(=O)=O. The number of benzene rings is 3. The van der Waals surface area contributed by atoms with E-state index < -0.39 is 39.3 Å². The molecule has 3 rings (SSSR count). The Kier molecular flexibility index (Phi) is 10.3. The summed E-state index contributed by atoms with van der Waals surface area (Å²) in [5.41, 5.74) is 0.851. The van der Waals surface area contributed by atoms with Gasteiger partial charge in [0.2, 0.25) is 21.8 Å². The molecule has 2 amide bonds. The lowest BCUT2D eigenvalue weighted by atomic mass is 10.0. The van der Waals surface area contributed by atoms with Gasteiger partial charge in [-0.15, -0.1) is 0 Å². The van der Waals surface area contributed by atoms with Crippen LogP contribution in [-0.4, -0.2) is 70.2 Å². The number of nitrogens with zero attached hydrogens (tertiary/aromatic N) is 3. The van der Waals surface area contributed by atoms with E-state index in [2.05, 4.69) is 5.32 Å². The smallest absolute Gasteiger partial charge is 0.271 e. The van der Waals surface area contributed by atoms with Crippen LogP contribution in [-0.2, 0) is 32.6 Å². The Morgan fingerprint density at radius 1 is 0.976 bits per heavy atom. The average molecular weight is 585 g/mol. The maximum atomic E-state index is 14.0. The van der Waals surface area contributed by atoms with Gasteiger partial charge < -0.3 is 19.7 Å². The molecule has 41 heavy (non-hydrogen) atoms. The summed E-state index contributed by atoms with van der Waals surface area (Å²) in [6.45, 7) is -0.798. The number of nitro groups is 1. The largest absolute Gasteiger partial charge is 0.497 e. The Balaban J connectivity index is 2.11. The molecule has 0 saturated carbocycles. The van der Waals surface area contributed by atoms with E-state index in [1.54, 1.807) is 24.3 Å². The van der Waals surface area contributed by atoms with E-state index in [4.69, 9.17) is 9.47 Å². The van der Waals surface area contributed by atoms with Gasteiger partial charge in [0.1, 0.15) is 29.8 Å². The summed E-state index contributed by atoms with van der Waals surface area (Å²) < 4.78 is 37.2. The number of ether oxygens (including phenoxy) is 2. The van der Waals surface area contributed by atoms with Crippen LogP contribution in [0, 0.1) is 10.1 Å². The zero-order valence-electron chi connectivity index (χ0n) is 23.1. The summed E-state index contributed by atoms with van der Waals surface area (Å²) in [6.07, 6.45) is 1.03. The van der Waals surface area contributed by atoms with Gasteiger partial charge >= 0.3 is 0 Å². The molecule has 0 bridgehead atoms. The molecule has 0 aromatic heterocycles. The maximum absolute atomic E-state index is 14.0. The number of anilines is 1. The fourth-order valence-electron chi connectivity index (χ4n) is 4.27. The summed E-state index contributed by atoms with van der Waals surface area (Å²) in [4.78, 5) is 39.3. The minimum absolute atomic E-state index is 0.0142. The van der Waals surface area contributed by atoms with Gasteiger partial charge in [0.25, 0.3) is 5.69 Å². The molecule has 0 aliphatic carbocycles. The van der Waals surface area contributed by atoms with Crippen LogP contribution in [0.5, 0.6) is 11.5 Å². The van der Waals surface area contributed by atoms with E-state index >= 15 is 0 Å². The monoisotopic (exact) mass is 584 g/mol. The van der Waals surface area contributed by atoms with Gasteiger partial charge in [-0.1, -0.05) is 42.5 Å². The number of nitrogens with one attached hydrogen (secondary N) is 1. The number of methoxy groups -OCH3 is 2. The highest BCUT2D eigenvalue weighted by Gasteiger charge is 2.34. The van der Waals surface area contributed by atoms with Gasteiger partial charge in [-0.3, -0.25) is 24.0 Å². The van der Waals surface area contributed by atoms with Crippen molar-refractivity contribution in [3.05, 3.63) is 94.0 Å². The first-order chi connectivity index (χ1) is 19.5. The van der Waals surface area contributed by atoms with Crippen molar-refractivity contribution in [2.45, 2.75) is 19.0 Å². The van der Waals surface area contributed by atoms with E-state index in [0.717, 1.165) is 22.2 Å². The van der Waals surface area contributed by atoms with Gasteiger partial charge in [-0.25, -0.2) is 8.42 Å². The second-order valence-electron chi connectivity index (χ2n) is 9.08. The second kappa shape index (κ2) is 13.6. The van der Waals surface area contributed by atoms with Crippen molar-refractivity contribution in [3.8, 4) is 11.5 Å². The molecule has 0 aliphatic rings. The number of non-ortho nitro benzene ring substituents is 1. The van der Waals surface area contributed by atoms with Gasteiger partial charge in [0.15, 0.2) is 0 Å². The Hall–Kier alpha value is -4.65. The quantitative estimate of drug-likeness (QED) is 0.238. The summed E-state index contributed by atoms with van der Waals surface area (Å²) in [5, 5.41) is 14.0. The lowest BCUT2D eigenvalue weighted by molar-refractivity contribution is -0.384. The maximum Gasteiger partial charge on any atom is 0.271 e. The number of amides is 2. The van der Waals surface area contributed by atoms with Crippen LogP contribution in [0.3, 0.4) is 0 Å². The minimum Gasteiger partial charge on any atom is -0.497 e. The molecule has 13 heteroatoms. The van der Waals surface area contributed by atoms with E-state index in [0.29, 0.717) is 11.3 Å². The number of carbonyl (C=O) groups is 2. The fraction of sp³-hybridized carbons (Fsp3) is 0.286. The molecule has 0 saturated heterocycles. The number of hydrogen-bond acceptors (Lipinski definition) is 8. The molecule has 218 valence electrons. The Morgan fingerprint density at radius 3 is 2.24 bits per heavy atom. The van der Waals surface area contributed by atoms with Gasteiger partial charge in [0, 0.05) is 32.1 Å². The van der Waals surface area contributed by atoms with Crippen LogP contribution < -0.4 is 19.1 Å². The van der Waals surface area contributed by atoms with Crippen molar-refractivity contribution in [1.29, 1.82) is 0 Å². The zero-order chi connectivity index (χ0) is 30.2.